The molecule has 1 aliphatic heterocycles. The van der Waals surface area contributed by atoms with Crippen molar-refractivity contribution in [3.8, 4) is 0 Å². The Kier molecular flexibility index (Phi) is 3.68. The second-order valence-corrected chi connectivity index (χ2v) is 6.87. The van der Waals surface area contributed by atoms with Gasteiger partial charge in [-0.05, 0) is 58.3 Å². The molecule has 98 valence electrons. The minimum absolute atomic E-state index is 0.428. The van der Waals surface area contributed by atoms with E-state index in [1.807, 2.05) is 6.07 Å². The van der Waals surface area contributed by atoms with Gasteiger partial charge in [0.25, 0.3) is 0 Å². The molecule has 1 aromatic rings. The quantitative estimate of drug-likeness (QED) is 0.902. The number of hydrogen-bond acceptors (Lipinski definition) is 2. The van der Waals surface area contributed by atoms with Crippen molar-refractivity contribution in [2.24, 2.45) is 17.6 Å². The van der Waals surface area contributed by atoms with Crippen LogP contribution in [-0.4, -0.2) is 24.0 Å². The van der Waals surface area contributed by atoms with Crippen LogP contribution in [0.15, 0.2) is 22.7 Å². The highest BCUT2D eigenvalue weighted by Gasteiger charge is 2.40. The highest BCUT2D eigenvalue weighted by Crippen LogP contribution is 2.37. The van der Waals surface area contributed by atoms with Crippen molar-refractivity contribution in [3.05, 3.63) is 33.3 Å². The molecule has 0 amide bonds. The average Bonchev–Trinajstić information content (AvgIpc) is 2.87. The molecule has 3 unspecified atom stereocenters. The van der Waals surface area contributed by atoms with Gasteiger partial charge in [-0.25, -0.2) is 0 Å². The summed E-state index contributed by atoms with van der Waals surface area (Å²) in [6.07, 6.45) is 2.53. The maximum absolute atomic E-state index is 6.17. The summed E-state index contributed by atoms with van der Waals surface area (Å²) in [5.74, 6) is 1.55. The summed E-state index contributed by atoms with van der Waals surface area (Å²) in [4.78, 5) is 2.53. The zero-order chi connectivity index (χ0) is 12.7. The third-order valence-corrected chi connectivity index (χ3v) is 5.59. The van der Waals surface area contributed by atoms with Crippen LogP contribution in [0.2, 0.25) is 5.02 Å². The van der Waals surface area contributed by atoms with Crippen molar-refractivity contribution in [1.82, 2.24) is 4.90 Å². The van der Waals surface area contributed by atoms with E-state index in [-0.39, 0.29) is 0 Å². The molecule has 2 fully saturated rings. The summed E-state index contributed by atoms with van der Waals surface area (Å²) in [5, 5.41) is 0.777. The van der Waals surface area contributed by atoms with Gasteiger partial charge in [0.15, 0.2) is 0 Å². The Labute approximate surface area is 122 Å². The molecular weight excluding hydrogens is 312 g/mol. The van der Waals surface area contributed by atoms with Gasteiger partial charge in [-0.2, -0.15) is 0 Å². The van der Waals surface area contributed by atoms with Crippen molar-refractivity contribution < 1.29 is 0 Å². The van der Waals surface area contributed by atoms with Crippen molar-refractivity contribution in [2.75, 3.05) is 13.1 Å². The van der Waals surface area contributed by atoms with Gasteiger partial charge in [0.05, 0.1) is 5.02 Å². The third-order valence-electron chi connectivity index (χ3n) is 4.38. The lowest BCUT2D eigenvalue weighted by atomic mass is 9.98. The number of hydrogen-bond donors (Lipinski definition) is 1. The molecule has 2 nitrogen and oxygen atoms in total. The van der Waals surface area contributed by atoms with Crippen LogP contribution in [-0.2, 0) is 6.54 Å². The second kappa shape index (κ2) is 5.12. The summed E-state index contributed by atoms with van der Waals surface area (Å²) < 4.78 is 0.984. The lowest BCUT2D eigenvalue weighted by Crippen LogP contribution is -2.30. The molecule has 0 radical (unpaired) electrons. The molecule has 0 bridgehead atoms. The van der Waals surface area contributed by atoms with Crippen LogP contribution in [0.5, 0.6) is 0 Å². The van der Waals surface area contributed by atoms with Gasteiger partial charge in [0, 0.05) is 30.1 Å². The van der Waals surface area contributed by atoms with Crippen molar-refractivity contribution >= 4 is 27.5 Å². The van der Waals surface area contributed by atoms with Crippen LogP contribution in [0.1, 0.15) is 18.4 Å². The predicted octanol–water partition coefficient (Wildman–Crippen LogP) is 3.27. The molecule has 0 aromatic heterocycles. The lowest BCUT2D eigenvalue weighted by molar-refractivity contribution is 0.298. The van der Waals surface area contributed by atoms with Gasteiger partial charge in [0.2, 0.25) is 0 Å². The number of halogens is 2. The zero-order valence-corrected chi connectivity index (χ0v) is 12.6. The minimum atomic E-state index is 0.428. The van der Waals surface area contributed by atoms with Crippen LogP contribution >= 0.6 is 27.5 Å². The Hall–Kier alpha value is -0.0900. The Morgan fingerprint density at radius 3 is 2.89 bits per heavy atom. The van der Waals surface area contributed by atoms with Crippen molar-refractivity contribution in [2.45, 2.75) is 25.4 Å². The van der Waals surface area contributed by atoms with Crippen LogP contribution < -0.4 is 5.73 Å². The standard InChI is InChI=1S/C14H18BrClN2/c15-12-5-9(1-3-13(12)16)6-18-7-10-2-4-14(17)11(10)8-18/h1,3,5,10-11,14H,2,4,6-8,17H2. The number of benzene rings is 1. The van der Waals surface area contributed by atoms with Crippen molar-refractivity contribution in [3.63, 3.8) is 0 Å². The molecule has 0 spiro atoms. The van der Waals surface area contributed by atoms with Crippen LogP contribution in [0.4, 0.5) is 0 Å². The Bertz CT molecular complexity index is 451. The highest BCUT2D eigenvalue weighted by molar-refractivity contribution is 9.10. The molecule has 1 saturated heterocycles. The maximum atomic E-state index is 6.17. The Morgan fingerprint density at radius 1 is 1.33 bits per heavy atom. The predicted molar refractivity (Wildman–Crippen MR) is 78.6 cm³/mol. The molecule has 1 heterocycles. The molecule has 2 aliphatic rings. The normalized spacial score (nSPS) is 31.8. The Balaban J connectivity index is 1.66. The van der Waals surface area contributed by atoms with Gasteiger partial charge in [-0.3, -0.25) is 4.90 Å². The van der Waals surface area contributed by atoms with Crippen LogP contribution in [0, 0.1) is 11.8 Å². The van der Waals surface area contributed by atoms with Gasteiger partial charge < -0.3 is 5.73 Å². The fourth-order valence-electron chi connectivity index (χ4n) is 3.43. The van der Waals surface area contributed by atoms with Gasteiger partial charge >= 0.3 is 0 Å². The van der Waals surface area contributed by atoms with E-state index in [4.69, 9.17) is 17.3 Å². The zero-order valence-electron chi connectivity index (χ0n) is 10.3. The smallest absolute Gasteiger partial charge is 0.0548 e. The van der Waals surface area contributed by atoms with Crippen molar-refractivity contribution in [1.29, 1.82) is 0 Å². The maximum Gasteiger partial charge on any atom is 0.0548 e. The number of rotatable bonds is 2. The van der Waals surface area contributed by atoms with Crippen LogP contribution in [0.25, 0.3) is 0 Å². The highest BCUT2D eigenvalue weighted by atomic mass is 79.9. The molecule has 1 saturated carbocycles. The summed E-state index contributed by atoms with van der Waals surface area (Å²) in [6.45, 7) is 3.38. The molecule has 3 atom stereocenters. The molecule has 1 aliphatic carbocycles. The van der Waals surface area contributed by atoms with E-state index in [0.717, 1.165) is 34.4 Å². The molecule has 2 N–H and O–H groups in total. The average molecular weight is 330 g/mol. The fourth-order valence-corrected chi connectivity index (χ4v) is 3.97. The summed E-state index contributed by atoms with van der Waals surface area (Å²) in [6, 6.07) is 6.62. The number of nitrogens with zero attached hydrogens (tertiary/aromatic N) is 1. The first-order chi connectivity index (χ1) is 8.63. The molecule has 18 heavy (non-hydrogen) atoms. The van der Waals surface area contributed by atoms with E-state index in [0.29, 0.717) is 6.04 Å². The lowest BCUT2D eigenvalue weighted by Gasteiger charge is -2.18. The minimum Gasteiger partial charge on any atom is -0.327 e. The van der Waals surface area contributed by atoms with E-state index in [9.17, 15) is 0 Å². The largest absolute Gasteiger partial charge is 0.327 e. The summed E-state index contributed by atoms with van der Waals surface area (Å²) >= 11 is 9.50. The first-order valence-corrected chi connectivity index (χ1v) is 7.72. The van der Waals surface area contributed by atoms with Gasteiger partial charge in [-0.15, -0.1) is 0 Å². The van der Waals surface area contributed by atoms with E-state index in [2.05, 4.69) is 33.0 Å². The summed E-state index contributed by atoms with van der Waals surface area (Å²) in [5.41, 5.74) is 7.49. The fraction of sp³-hybridized carbons (Fsp3) is 0.571. The molecule has 3 rings (SSSR count). The second-order valence-electron chi connectivity index (χ2n) is 5.61. The first kappa shape index (κ1) is 12.9. The van der Waals surface area contributed by atoms with Gasteiger partial charge in [0.1, 0.15) is 0 Å². The molecular formula is C14H18BrClN2. The van der Waals surface area contributed by atoms with E-state index >= 15 is 0 Å². The molecule has 1 aromatic carbocycles. The SMILES string of the molecule is NC1CCC2CN(Cc3ccc(Cl)c(Br)c3)CC12. The third kappa shape index (κ3) is 2.46. The Morgan fingerprint density at radius 2 is 2.17 bits per heavy atom. The summed E-state index contributed by atoms with van der Waals surface area (Å²) in [7, 11) is 0. The van der Waals surface area contributed by atoms with Gasteiger partial charge in [-0.1, -0.05) is 17.7 Å². The molecule has 4 heteroatoms. The monoisotopic (exact) mass is 328 g/mol. The first-order valence-electron chi connectivity index (χ1n) is 6.55. The van der Waals surface area contributed by atoms with Crippen LogP contribution in [0.3, 0.4) is 0 Å². The topological polar surface area (TPSA) is 29.3 Å². The number of nitrogens with two attached hydrogens (primary N) is 1. The number of fused-ring (bicyclic) bond motifs is 1. The van der Waals surface area contributed by atoms with E-state index < -0.39 is 0 Å². The van der Waals surface area contributed by atoms with E-state index in [1.54, 1.807) is 0 Å². The number of likely N-dealkylation sites (tertiary alicyclic amines) is 1. The van der Waals surface area contributed by atoms with E-state index in [1.165, 1.54) is 24.9 Å².